The van der Waals surface area contributed by atoms with Crippen molar-refractivity contribution in [3.05, 3.63) is 41.0 Å². The molecule has 0 spiro atoms. The van der Waals surface area contributed by atoms with Crippen LogP contribution < -0.4 is 0 Å². The first-order chi connectivity index (χ1) is 11.1. The summed E-state index contributed by atoms with van der Waals surface area (Å²) in [6.45, 7) is 0.337. The van der Waals surface area contributed by atoms with Gasteiger partial charge in [0.05, 0.1) is 23.3 Å². The zero-order chi connectivity index (χ0) is 16.4. The van der Waals surface area contributed by atoms with Gasteiger partial charge < -0.3 is 9.64 Å². The summed E-state index contributed by atoms with van der Waals surface area (Å²) in [6, 6.07) is 5.34. The van der Waals surface area contributed by atoms with Gasteiger partial charge in [0.2, 0.25) is 0 Å². The van der Waals surface area contributed by atoms with Crippen molar-refractivity contribution in [3.63, 3.8) is 0 Å². The van der Waals surface area contributed by atoms with Crippen molar-refractivity contribution in [2.24, 2.45) is 0 Å². The lowest BCUT2D eigenvalue weighted by atomic mass is 10.1. The zero-order valence-corrected chi connectivity index (χ0v) is 13.9. The smallest absolute Gasteiger partial charge is 0.253 e. The van der Waals surface area contributed by atoms with Crippen LogP contribution >= 0.6 is 11.3 Å². The van der Waals surface area contributed by atoms with Crippen LogP contribution in [-0.4, -0.2) is 47.0 Å². The Kier molecular flexibility index (Phi) is 4.31. The first-order valence-electron chi connectivity index (χ1n) is 7.01. The number of nitrogens with zero attached hydrogens (tertiary/aromatic N) is 4. The predicted molar refractivity (Wildman–Crippen MR) is 89.4 cm³/mol. The lowest BCUT2D eigenvalue weighted by Crippen LogP contribution is -2.21. The lowest BCUT2D eigenvalue weighted by molar-refractivity contribution is 0.0827. The Labute approximate surface area is 137 Å². The van der Waals surface area contributed by atoms with Crippen molar-refractivity contribution in [2.45, 2.75) is 6.61 Å². The highest BCUT2D eigenvalue weighted by Gasteiger charge is 2.15. The van der Waals surface area contributed by atoms with Crippen LogP contribution in [0.3, 0.4) is 0 Å². The maximum atomic E-state index is 12.1. The monoisotopic (exact) mass is 328 g/mol. The summed E-state index contributed by atoms with van der Waals surface area (Å²) in [5, 5.41) is 2.70. The number of methoxy groups -OCH3 is 1. The Balaban J connectivity index is 2.15. The molecule has 0 N–H and O–H groups in total. The van der Waals surface area contributed by atoms with Crippen molar-refractivity contribution < 1.29 is 9.53 Å². The number of carbonyl (C=O) groups is 1. The number of thiazole rings is 1. The number of hydrogen-bond acceptors (Lipinski definition) is 6. The van der Waals surface area contributed by atoms with Crippen molar-refractivity contribution in [2.75, 3.05) is 21.2 Å². The fraction of sp³-hybridized carbons (Fsp3) is 0.250. The van der Waals surface area contributed by atoms with Gasteiger partial charge in [0.25, 0.3) is 5.91 Å². The topological polar surface area (TPSA) is 68.2 Å². The number of aromatic nitrogens is 3. The third kappa shape index (κ3) is 3.06. The van der Waals surface area contributed by atoms with E-state index in [0.717, 1.165) is 16.2 Å². The molecule has 7 heteroatoms. The number of hydrogen-bond donors (Lipinski definition) is 0. The quantitative estimate of drug-likeness (QED) is 0.736. The molecule has 2 aromatic heterocycles. The van der Waals surface area contributed by atoms with Gasteiger partial charge in [0.1, 0.15) is 10.7 Å². The Bertz CT molecular complexity index is 847. The van der Waals surface area contributed by atoms with E-state index in [1.54, 1.807) is 39.5 Å². The molecule has 1 amide bonds. The standard InChI is InChI=1S/C16H16N4O2S/c1-20(2)16(21)10-4-5-11-12(8-10)18-13(9-22-3)14(19-11)15-17-6-7-23-15/h4-8H,9H2,1-3H3. The van der Waals surface area contributed by atoms with E-state index in [-0.39, 0.29) is 5.91 Å². The van der Waals surface area contributed by atoms with Gasteiger partial charge in [-0.3, -0.25) is 4.79 Å². The molecule has 0 aliphatic rings. The molecule has 0 saturated heterocycles. The molecule has 0 saturated carbocycles. The van der Waals surface area contributed by atoms with E-state index < -0.39 is 0 Å². The van der Waals surface area contributed by atoms with E-state index in [4.69, 9.17) is 4.74 Å². The van der Waals surface area contributed by atoms with Gasteiger partial charge in [-0.25, -0.2) is 15.0 Å². The molecule has 0 unspecified atom stereocenters. The average Bonchev–Trinajstić information content (AvgIpc) is 3.07. The molecule has 1 aromatic carbocycles. The fourth-order valence-corrected chi connectivity index (χ4v) is 2.88. The van der Waals surface area contributed by atoms with Gasteiger partial charge in [-0.2, -0.15) is 0 Å². The number of fused-ring (bicyclic) bond motifs is 1. The molecule has 23 heavy (non-hydrogen) atoms. The van der Waals surface area contributed by atoms with Crippen LogP contribution in [0.5, 0.6) is 0 Å². The van der Waals surface area contributed by atoms with Crippen molar-refractivity contribution in [3.8, 4) is 10.7 Å². The SMILES string of the molecule is COCc1nc2cc(C(=O)N(C)C)ccc2nc1-c1nccs1. The van der Waals surface area contributed by atoms with Gasteiger partial charge in [0.15, 0.2) is 0 Å². The van der Waals surface area contributed by atoms with Crippen LogP contribution in [0, 0.1) is 0 Å². The minimum atomic E-state index is -0.0639. The minimum Gasteiger partial charge on any atom is -0.378 e. The van der Waals surface area contributed by atoms with Crippen LogP contribution in [0.15, 0.2) is 29.8 Å². The summed E-state index contributed by atoms with van der Waals surface area (Å²) in [4.78, 5) is 27.2. The molecule has 118 valence electrons. The molecule has 0 radical (unpaired) electrons. The largest absolute Gasteiger partial charge is 0.378 e. The molecule has 0 atom stereocenters. The van der Waals surface area contributed by atoms with Gasteiger partial charge in [0, 0.05) is 38.3 Å². The van der Waals surface area contributed by atoms with E-state index in [1.807, 2.05) is 11.4 Å². The van der Waals surface area contributed by atoms with Crippen LogP contribution in [-0.2, 0) is 11.3 Å². The first-order valence-corrected chi connectivity index (χ1v) is 7.89. The zero-order valence-electron chi connectivity index (χ0n) is 13.1. The van der Waals surface area contributed by atoms with E-state index in [0.29, 0.717) is 23.4 Å². The normalized spacial score (nSPS) is 10.9. The Morgan fingerprint density at radius 3 is 2.74 bits per heavy atom. The summed E-state index contributed by atoms with van der Waals surface area (Å²) in [5.41, 5.74) is 3.42. The molecular weight excluding hydrogens is 312 g/mol. The summed E-state index contributed by atoms with van der Waals surface area (Å²) in [7, 11) is 5.06. The van der Waals surface area contributed by atoms with E-state index in [1.165, 1.54) is 16.2 Å². The summed E-state index contributed by atoms with van der Waals surface area (Å²) in [5.74, 6) is -0.0639. The maximum Gasteiger partial charge on any atom is 0.253 e. The molecule has 2 heterocycles. The lowest BCUT2D eigenvalue weighted by Gasteiger charge is -2.11. The summed E-state index contributed by atoms with van der Waals surface area (Å²) in [6.07, 6.45) is 1.74. The van der Waals surface area contributed by atoms with Gasteiger partial charge in [-0.1, -0.05) is 0 Å². The second-order valence-electron chi connectivity index (χ2n) is 5.19. The van der Waals surface area contributed by atoms with Gasteiger partial charge in [-0.05, 0) is 18.2 Å². The van der Waals surface area contributed by atoms with Crippen LogP contribution in [0.1, 0.15) is 16.1 Å². The fourth-order valence-electron chi connectivity index (χ4n) is 2.23. The second kappa shape index (κ2) is 6.39. The van der Waals surface area contributed by atoms with E-state index >= 15 is 0 Å². The summed E-state index contributed by atoms with van der Waals surface area (Å²) < 4.78 is 5.23. The van der Waals surface area contributed by atoms with Crippen LogP contribution in [0.2, 0.25) is 0 Å². The Hall–Kier alpha value is -2.38. The number of rotatable bonds is 4. The molecule has 6 nitrogen and oxygen atoms in total. The molecule has 3 rings (SSSR count). The third-order valence-corrected chi connectivity index (χ3v) is 4.09. The highest BCUT2D eigenvalue weighted by Crippen LogP contribution is 2.26. The van der Waals surface area contributed by atoms with Crippen molar-refractivity contribution in [1.82, 2.24) is 19.9 Å². The molecule has 0 bridgehead atoms. The van der Waals surface area contributed by atoms with E-state index in [9.17, 15) is 4.79 Å². The van der Waals surface area contributed by atoms with E-state index in [2.05, 4.69) is 15.0 Å². The molecular formula is C16H16N4O2S. The highest BCUT2D eigenvalue weighted by atomic mass is 32.1. The Morgan fingerprint density at radius 2 is 2.09 bits per heavy atom. The minimum absolute atomic E-state index is 0.0639. The van der Waals surface area contributed by atoms with Crippen molar-refractivity contribution in [1.29, 1.82) is 0 Å². The predicted octanol–water partition coefficient (Wildman–Crippen LogP) is 2.60. The number of benzene rings is 1. The second-order valence-corrected chi connectivity index (χ2v) is 6.09. The van der Waals surface area contributed by atoms with Gasteiger partial charge >= 0.3 is 0 Å². The first kappa shape index (κ1) is 15.5. The Morgan fingerprint density at radius 1 is 1.26 bits per heavy atom. The highest BCUT2D eigenvalue weighted by molar-refractivity contribution is 7.13. The number of carbonyl (C=O) groups excluding carboxylic acids is 1. The summed E-state index contributed by atoms with van der Waals surface area (Å²) >= 11 is 1.51. The number of ether oxygens (including phenoxy) is 1. The van der Waals surface area contributed by atoms with Crippen molar-refractivity contribution >= 4 is 28.3 Å². The molecule has 3 aromatic rings. The third-order valence-electron chi connectivity index (χ3n) is 3.31. The molecule has 0 fully saturated rings. The van der Waals surface area contributed by atoms with Crippen LogP contribution in [0.4, 0.5) is 0 Å². The molecule has 0 aliphatic carbocycles. The average molecular weight is 328 g/mol. The molecule has 0 aliphatic heterocycles. The maximum absolute atomic E-state index is 12.1. The van der Waals surface area contributed by atoms with Gasteiger partial charge in [-0.15, -0.1) is 11.3 Å². The van der Waals surface area contributed by atoms with Crippen LogP contribution in [0.25, 0.3) is 21.7 Å². The number of amides is 1.